The summed E-state index contributed by atoms with van der Waals surface area (Å²) in [4.78, 5) is 10.0. The Kier molecular flexibility index (Phi) is 4.65. The van der Waals surface area contributed by atoms with Crippen molar-refractivity contribution in [2.45, 2.75) is 38.4 Å². The Hall–Kier alpha value is -0.970. The van der Waals surface area contributed by atoms with E-state index in [2.05, 4.69) is 33.3 Å². The van der Waals surface area contributed by atoms with Gasteiger partial charge >= 0.3 is 0 Å². The summed E-state index contributed by atoms with van der Waals surface area (Å²) in [7, 11) is 1.97. The average Bonchev–Trinajstić information content (AvgIpc) is 2.79. The Balaban J connectivity index is 1.63. The van der Waals surface area contributed by atoms with Gasteiger partial charge in [0.05, 0.1) is 11.4 Å². The highest BCUT2D eigenvalue weighted by molar-refractivity contribution is 5.11. The summed E-state index contributed by atoms with van der Waals surface area (Å²) in [5, 5.41) is 3.17. The Bertz CT molecular complexity index is 434. The lowest BCUT2D eigenvalue weighted by molar-refractivity contribution is 0.214. The Labute approximate surface area is 122 Å². The van der Waals surface area contributed by atoms with E-state index in [-0.39, 0.29) is 0 Å². The molecule has 0 bridgehead atoms. The van der Waals surface area contributed by atoms with E-state index in [4.69, 9.17) is 4.98 Å². The summed E-state index contributed by atoms with van der Waals surface area (Å²) >= 11 is 0. The van der Waals surface area contributed by atoms with Crippen LogP contribution < -0.4 is 5.32 Å². The summed E-state index contributed by atoms with van der Waals surface area (Å²) in [5.41, 5.74) is 2.35. The van der Waals surface area contributed by atoms with Crippen molar-refractivity contribution in [2.75, 3.05) is 33.2 Å². The van der Waals surface area contributed by atoms with Crippen molar-refractivity contribution >= 4 is 0 Å². The third-order valence-electron chi connectivity index (χ3n) is 4.50. The van der Waals surface area contributed by atoms with E-state index in [9.17, 15) is 0 Å². The molecule has 0 spiro atoms. The Morgan fingerprint density at radius 3 is 2.95 bits per heavy atom. The fraction of sp³-hybridized carbons (Fsp3) is 0.688. The van der Waals surface area contributed by atoms with Crippen LogP contribution in [0.3, 0.4) is 0 Å². The summed E-state index contributed by atoms with van der Waals surface area (Å²) in [6.45, 7) is 6.89. The molecule has 3 heterocycles. The highest BCUT2D eigenvalue weighted by Gasteiger charge is 2.28. The lowest BCUT2D eigenvalue weighted by Gasteiger charge is -2.25. The van der Waals surface area contributed by atoms with E-state index in [1.807, 2.05) is 7.05 Å². The number of fused-ring (bicyclic) bond motifs is 1. The molecular formula is C16H26N4. The van der Waals surface area contributed by atoms with Gasteiger partial charge in [-0.15, -0.1) is 0 Å². The predicted octanol–water partition coefficient (Wildman–Crippen LogP) is 1.47. The van der Waals surface area contributed by atoms with E-state index in [0.29, 0.717) is 0 Å². The molecule has 0 saturated carbocycles. The minimum Gasteiger partial charge on any atom is -0.314 e. The third-order valence-corrected chi connectivity index (χ3v) is 4.50. The zero-order valence-electron chi connectivity index (χ0n) is 12.5. The van der Waals surface area contributed by atoms with Crippen LogP contribution >= 0.6 is 0 Å². The van der Waals surface area contributed by atoms with E-state index < -0.39 is 0 Å². The molecule has 0 radical (unpaired) electrons. The zero-order chi connectivity index (χ0) is 13.8. The molecule has 1 aromatic rings. The van der Waals surface area contributed by atoms with Crippen LogP contribution in [0.2, 0.25) is 0 Å². The monoisotopic (exact) mass is 274 g/mol. The normalized spacial score (nSPS) is 24.6. The number of pyridine rings is 1. The first kappa shape index (κ1) is 14.0. The quantitative estimate of drug-likeness (QED) is 0.901. The highest BCUT2D eigenvalue weighted by atomic mass is 15.3. The standard InChI is InChI=1S/C16H26N4/c1-17-11-14-5-2-6-15(18-14)12-19-8-4-10-20-9-3-7-16(20)13-19/h2,5-6,16-17H,3-4,7-13H2,1H3. The molecule has 1 unspecified atom stereocenters. The minimum atomic E-state index is 0.790. The number of hydrogen-bond acceptors (Lipinski definition) is 4. The lowest BCUT2D eigenvalue weighted by atomic mass is 10.2. The van der Waals surface area contributed by atoms with Crippen molar-refractivity contribution < 1.29 is 0 Å². The van der Waals surface area contributed by atoms with Gasteiger partial charge in [-0.05, 0) is 58.1 Å². The first-order valence-electron chi connectivity index (χ1n) is 7.91. The Morgan fingerprint density at radius 1 is 1.20 bits per heavy atom. The van der Waals surface area contributed by atoms with Gasteiger partial charge in [0.15, 0.2) is 0 Å². The Morgan fingerprint density at radius 2 is 2.05 bits per heavy atom. The van der Waals surface area contributed by atoms with Crippen LogP contribution in [0.5, 0.6) is 0 Å². The van der Waals surface area contributed by atoms with Gasteiger partial charge in [-0.3, -0.25) is 14.8 Å². The van der Waals surface area contributed by atoms with Crippen LogP contribution in [0.4, 0.5) is 0 Å². The minimum absolute atomic E-state index is 0.790. The molecule has 1 N–H and O–H groups in total. The van der Waals surface area contributed by atoms with Gasteiger partial charge in [0.1, 0.15) is 0 Å². The summed E-state index contributed by atoms with van der Waals surface area (Å²) < 4.78 is 0. The summed E-state index contributed by atoms with van der Waals surface area (Å²) in [5.74, 6) is 0. The molecule has 3 rings (SSSR count). The van der Waals surface area contributed by atoms with E-state index in [1.165, 1.54) is 51.1 Å². The molecule has 2 saturated heterocycles. The summed E-state index contributed by atoms with van der Waals surface area (Å²) in [6, 6.07) is 7.18. The van der Waals surface area contributed by atoms with E-state index >= 15 is 0 Å². The van der Waals surface area contributed by atoms with Crippen LogP contribution in [0, 0.1) is 0 Å². The fourth-order valence-electron chi connectivity index (χ4n) is 3.55. The molecule has 0 aromatic carbocycles. The maximum absolute atomic E-state index is 4.75. The topological polar surface area (TPSA) is 31.4 Å². The number of aromatic nitrogens is 1. The molecule has 2 fully saturated rings. The van der Waals surface area contributed by atoms with Crippen LogP contribution in [0.15, 0.2) is 18.2 Å². The first-order chi connectivity index (χ1) is 9.85. The van der Waals surface area contributed by atoms with Gasteiger partial charge in [-0.1, -0.05) is 6.07 Å². The molecule has 4 heteroatoms. The maximum Gasteiger partial charge on any atom is 0.0547 e. The highest BCUT2D eigenvalue weighted by Crippen LogP contribution is 2.22. The smallest absolute Gasteiger partial charge is 0.0547 e. The van der Waals surface area contributed by atoms with Gasteiger partial charge in [0.25, 0.3) is 0 Å². The van der Waals surface area contributed by atoms with E-state index in [0.717, 1.165) is 24.8 Å². The number of rotatable bonds is 4. The third kappa shape index (κ3) is 3.37. The van der Waals surface area contributed by atoms with Crippen molar-refractivity contribution in [2.24, 2.45) is 0 Å². The number of nitrogens with zero attached hydrogens (tertiary/aromatic N) is 3. The molecule has 20 heavy (non-hydrogen) atoms. The maximum atomic E-state index is 4.75. The molecule has 1 aromatic heterocycles. The molecule has 2 aliphatic rings. The van der Waals surface area contributed by atoms with Gasteiger partial charge < -0.3 is 5.32 Å². The van der Waals surface area contributed by atoms with Crippen molar-refractivity contribution in [1.82, 2.24) is 20.1 Å². The van der Waals surface area contributed by atoms with Gasteiger partial charge in [-0.25, -0.2) is 0 Å². The van der Waals surface area contributed by atoms with E-state index in [1.54, 1.807) is 0 Å². The van der Waals surface area contributed by atoms with Crippen molar-refractivity contribution in [3.63, 3.8) is 0 Å². The summed E-state index contributed by atoms with van der Waals surface area (Å²) in [6.07, 6.45) is 4.06. The van der Waals surface area contributed by atoms with Crippen LogP contribution in [0.25, 0.3) is 0 Å². The first-order valence-corrected chi connectivity index (χ1v) is 7.91. The molecule has 4 nitrogen and oxygen atoms in total. The fourth-order valence-corrected chi connectivity index (χ4v) is 3.55. The second kappa shape index (κ2) is 6.66. The van der Waals surface area contributed by atoms with Crippen molar-refractivity contribution in [1.29, 1.82) is 0 Å². The van der Waals surface area contributed by atoms with Gasteiger partial charge in [0.2, 0.25) is 0 Å². The largest absolute Gasteiger partial charge is 0.314 e. The molecule has 110 valence electrons. The van der Waals surface area contributed by atoms with Crippen molar-refractivity contribution in [3.05, 3.63) is 29.6 Å². The molecule has 0 amide bonds. The van der Waals surface area contributed by atoms with Gasteiger partial charge in [-0.2, -0.15) is 0 Å². The second-order valence-corrected chi connectivity index (χ2v) is 6.07. The molecular weight excluding hydrogens is 248 g/mol. The second-order valence-electron chi connectivity index (χ2n) is 6.07. The van der Waals surface area contributed by atoms with Gasteiger partial charge in [0, 0.05) is 25.7 Å². The SMILES string of the molecule is CNCc1cccc(CN2CCCN3CCCC3C2)n1. The zero-order valence-corrected chi connectivity index (χ0v) is 12.5. The predicted molar refractivity (Wildman–Crippen MR) is 81.5 cm³/mol. The molecule has 1 atom stereocenters. The molecule has 0 aliphatic carbocycles. The van der Waals surface area contributed by atoms with Crippen molar-refractivity contribution in [3.8, 4) is 0 Å². The van der Waals surface area contributed by atoms with Crippen LogP contribution in [0.1, 0.15) is 30.7 Å². The number of nitrogens with one attached hydrogen (secondary N) is 1. The van der Waals surface area contributed by atoms with Crippen LogP contribution in [-0.4, -0.2) is 54.1 Å². The average molecular weight is 274 g/mol. The molecule has 2 aliphatic heterocycles. The number of hydrogen-bond donors (Lipinski definition) is 1. The van der Waals surface area contributed by atoms with Crippen LogP contribution in [-0.2, 0) is 13.1 Å². The lowest BCUT2D eigenvalue weighted by Crippen LogP contribution is -2.36.